The molecule has 1 saturated carbocycles. The molecule has 120 valence electrons. The first kappa shape index (κ1) is 17.0. The standard InChI is InChI=1S/C17H30BrN3/c1-8-19-12(15-16(4,5)17(15,6)7)10-13-14(18)11(3)20-21(13)9-2/h12,15,19H,8-10H2,1-7H3. The van der Waals surface area contributed by atoms with E-state index in [1.54, 1.807) is 0 Å². The molecular weight excluding hydrogens is 326 g/mol. The Morgan fingerprint density at radius 1 is 1.24 bits per heavy atom. The van der Waals surface area contributed by atoms with Crippen molar-refractivity contribution in [3.05, 3.63) is 15.9 Å². The van der Waals surface area contributed by atoms with Crippen LogP contribution in [0.1, 0.15) is 52.9 Å². The summed E-state index contributed by atoms with van der Waals surface area (Å²) < 4.78 is 3.33. The predicted molar refractivity (Wildman–Crippen MR) is 92.6 cm³/mol. The average molecular weight is 356 g/mol. The largest absolute Gasteiger partial charge is 0.314 e. The van der Waals surface area contributed by atoms with E-state index in [1.807, 2.05) is 0 Å². The van der Waals surface area contributed by atoms with Gasteiger partial charge in [-0.25, -0.2) is 0 Å². The Morgan fingerprint density at radius 2 is 1.81 bits per heavy atom. The number of hydrogen-bond acceptors (Lipinski definition) is 2. The van der Waals surface area contributed by atoms with Gasteiger partial charge in [-0.15, -0.1) is 0 Å². The van der Waals surface area contributed by atoms with Gasteiger partial charge in [-0.1, -0.05) is 34.6 Å². The highest BCUT2D eigenvalue weighted by atomic mass is 79.9. The Hall–Kier alpha value is -0.350. The molecule has 3 nitrogen and oxygen atoms in total. The molecule has 1 aliphatic carbocycles. The minimum Gasteiger partial charge on any atom is -0.314 e. The molecule has 0 amide bonds. The number of rotatable bonds is 6. The van der Waals surface area contributed by atoms with Crippen LogP contribution >= 0.6 is 15.9 Å². The summed E-state index contributed by atoms with van der Waals surface area (Å²) in [4.78, 5) is 0. The van der Waals surface area contributed by atoms with Crippen LogP contribution in [0.25, 0.3) is 0 Å². The fraction of sp³-hybridized carbons (Fsp3) is 0.824. The van der Waals surface area contributed by atoms with E-state index >= 15 is 0 Å². The molecule has 1 fully saturated rings. The van der Waals surface area contributed by atoms with Gasteiger partial charge in [0.15, 0.2) is 0 Å². The van der Waals surface area contributed by atoms with Crippen LogP contribution in [0.15, 0.2) is 4.47 Å². The van der Waals surface area contributed by atoms with E-state index in [9.17, 15) is 0 Å². The van der Waals surface area contributed by atoms with E-state index in [0.29, 0.717) is 22.8 Å². The summed E-state index contributed by atoms with van der Waals surface area (Å²) in [6, 6.07) is 0.512. The van der Waals surface area contributed by atoms with E-state index in [0.717, 1.165) is 25.2 Å². The minimum atomic E-state index is 0.401. The van der Waals surface area contributed by atoms with Crippen molar-refractivity contribution in [2.45, 2.75) is 67.5 Å². The van der Waals surface area contributed by atoms with E-state index in [-0.39, 0.29) is 0 Å². The van der Waals surface area contributed by atoms with Crippen LogP contribution < -0.4 is 5.32 Å². The highest BCUT2D eigenvalue weighted by molar-refractivity contribution is 9.10. The maximum atomic E-state index is 4.64. The molecule has 0 aromatic carbocycles. The number of aromatic nitrogens is 2. The first-order chi connectivity index (χ1) is 9.68. The Labute approximate surface area is 138 Å². The smallest absolute Gasteiger partial charge is 0.0738 e. The Morgan fingerprint density at radius 3 is 2.24 bits per heavy atom. The van der Waals surface area contributed by atoms with Gasteiger partial charge >= 0.3 is 0 Å². The molecule has 0 bridgehead atoms. The third kappa shape index (κ3) is 2.70. The third-order valence-corrected chi connectivity index (χ3v) is 6.90. The number of likely N-dealkylation sites (N-methyl/N-ethyl adjacent to an activating group) is 1. The second-order valence-corrected chi connectivity index (χ2v) is 8.24. The van der Waals surface area contributed by atoms with Crippen LogP contribution in [0.3, 0.4) is 0 Å². The third-order valence-electron chi connectivity index (χ3n) is 5.87. The van der Waals surface area contributed by atoms with E-state index < -0.39 is 0 Å². The van der Waals surface area contributed by atoms with E-state index in [2.05, 4.69) is 79.5 Å². The van der Waals surface area contributed by atoms with Gasteiger partial charge in [-0.3, -0.25) is 4.68 Å². The van der Waals surface area contributed by atoms with Gasteiger partial charge in [0.05, 0.1) is 15.9 Å². The van der Waals surface area contributed by atoms with Gasteiger partial charge in [0.1, 0.15) is 0 Å². The number of aryl methyl sites for hydroxylation is 2. The highest BCUT2D eigenvalue weighted by Gasteiger charge is 2.66. The SMILES string of the molecule is CCNC(Cc1c(Br)c(C)nn1CC)C1C(C)(C)C1(C)C. The second kappa shape index (κ2) is 5.69. The molecule has 1 N–H and O–H groups in total. The van der Waals surface area contributed by atoms with Crippen molar-refractivity contribution >= 4 is 15.9 Å². The maximum Gasteiger partial charge on any atom is 0.0738 e. The van der Waals surface area contributed by atoms with Crippen molar-refractivity contribution in [2.75, 3.05) is 6.54 Å². The maximum absolute atomic E-state index is 4.64. The quantitative estimate of drug-likeness (QED) is 0.829. The van der Waals surface area contributed by atoms with Crippen LogP contribution in [0, 0.1) is 23.7 Å². The zero-order valence-electron chi connectivity index (χ0n) is 14.5. The lowest BCUT2D eigenvalue weighted by atomic mass is 9.99. The molecule has 0 spiro atoms. The Kier molecular flexibility index (Phi) is 4.61. The van der Waals surface area contributed by atoms with Crippen molar-refractivity contribution in [1.29, 1.82) is 0 Å². The zero-order valence-corrected chi connectivity index (χ0v) is 16.1. The average Bonchev–Trinajstić information content (AvgIpc) is 2.65. The number of halogens is 1. The molecule has 1 atom stereocenters. The normalized spacial score (nSPS) is 21.5. The summed E-state index contributed by atoms with van der Waals surface area (Å²) in [6.07, 6.45) is 1.04. The van der Waals surface area contributed by atoms with Crippen LogP contribution in [0.4, 0.5) is 0 Å². The predicted octanol–water partition coefficient (Wildman–Crippen LogP) is 4.18. The molecule has 0 radical (unpaired) electrons. The lowest BCUT2D eigenvalue weighted by Crippen LogP contribution is -2.36. The van der Waals surface area contributed by atoms with Crippen LogP contribution in [0.5, 0.6) is 0 Å². The van der Waals surface area contributed by atoms with Crippen molar-refractivity contribution in [2.24, 2.45) is 16.7 Å². The molecule has 0 saturated heterocycles. The lowest BCUT2D eigenvalue weighted by molar-refractivity contribution is 0.393. The van der Waals surface area contributed by atoms with Gasteiger partial charge in [0, 0.05) is 19.0 Å². The molecule has 1 aromatic heterocycles. The summed E-state index contributed by atoms with van der Waals surface area (Å²) >= 11 is 3.74. The Bertz CT molecular complexity index is 502. The molecule has 1 heterocycles. The molecule has 21 heavy (non-hydrogen) atoms. The molecule has 1 aromatic rings. The summed E-state index contributed by atoms with van der Waals surface area (Å²) in [5.74, 6) is 0.706. The molecular formula is C17H30BrN3. The van der Waals surface area contributed by atoms with Crippen molar-refractivity contribution in [3.8, 4) is 0 Å². The monoisotopic (exact) mass is 355 g/mol. The molecule has 1 unspecified atom stereocenters. The summed E-state index contributed by atoms with van der Waals surface area (Å²) in [5, 5.41) is 8.37. The first-order valence-electron chi connectivity index (χ1n) is 8.13. The van der Waals surface area contributed by atoms with Gasteiger partial charge < -0.3 is 5.32 Å². The van der Waals surface area contributed by atoms with E-state index in [4.69, 9.17) is 0 Å². The molecule has 0 aliphatic heterocycles. The summed E-state index contributed by atoms with van der Waals surface area (Å²) in [6.45, 7) is 18.0. The van der Waals surface area contributed by atoms with Gasteiger partial charge in [0.2, 0.25) is 0 Å². The van der Waals surface area contributed by atoms with Gasteiger partial charge in [-0.05, 0) is 53.1 Å². The van der Waals surface area contributed by atoms with Gasteiger partial charge in [-0.2, -0.15) is 5.10 Å². The molecule has 4 heteroatoms. The minimum absolute atomic E-state index is 0.401. The number of nitrogens with one attached hydrogen (secondary N) is 1. The number of nitrogens with zero attached hydrogens (tertiary/aromatic N) is 2. The van der Waals surface area contributed by atoms with Crippen molar-refractivity contribution < 1.29 is 0 Å². The summed E-state index contributed by atoms with van der Waals surface area (Å²) in [5.41, 5.74) is 3.23. The van der Waals surface area contributed by atoms with Gasteiger partial charge in [0.25, 0.3) is 0 Å². The fourth-order valence-electron chi connectivity index (χ4n) is 4.10. The van der Waals surface area contributed by atoms with Crippen molar-refractivity contribution in [1.82, 2.24) is 15.1 Å². The van der Waals surface area contributed by atoms with Crippen LogP contribution in [-0.2, 0) is 13.0 Å². The Balaban J connectivity index is 2.27. The lowest BCUT2D eigenvalue weighted by Gasteiger charge is -2.21. The van der Waals surface area contributed by atoms with Crippen LogP contribution in [-0.4, -0.2) is 22.4 Å². The van der Waals surface area contributed by atoms with E-state index in [1.165, 1.54) is 10.2 Å². The molecule has 1 aliphatic rings. The number of hydrogen-bond donors (Lipinski definition) is 1. The highest BCUT2D eigenvalue weighted by Crippen LogP contribution is 2.69. The van der Waals surface area contributed by atoms with Crippen LogP contribution in [0.2, 0.25) is 0 Å². The van der Waals surface area contributed by atoms with Crippen molar-refractivity contribution in [3.63, 3.8) is 0 Å². The fourth-order valence-corrected chi connectivity index (χ4v) is 4.54. The first-order valence-corrected chi connectivity index (χ1v) is 8.92. The molecule has 2 rings (SSSR count). The topological polar surface area (TPSA) is 29.9 Å². The zero-order chi connectivity index (χ0) is 16.0. The summed E-state index contributed by atoms with van der Waals surface area (Å²) in [7, 11) is 0. The second-order valence-electron chi connectivity index (χ2n) is 7.45.